The van der Waals surface area contributed by atoms with Gasteiger partial charge in [-0.15, -0.1) is 40.8 Å². The number of nitrogens with zero attached hydrogens (tertiary/aromatic N) is 8. The van der Waals surface area contributed by atoms with Gasteiger partial charge in [0.1, 0.15) is 20.0 Å². The van der Waals surface area contributed by atoms with E-state index in [2.05, 4.69) is 62.1 Å². The molecule has 0 aliphatic heterocycles. The number of ketones is 2. The molecule has 20 nitrogen and oxygen atoms in total. The average molecular weight is 1150 g/mol. The van der Waals surface area contributed by atoms with Crippen LogP contribution in [0.2, 0.25) is 0 Å². The number of hydrogen-bond donors (Lipinski definition) is 6. The molecular weight excluding hydrogens is 1100 g/mol. The Hall–Kier alpha value is -7.74. The molecule has 0 saturated carbocycles. The first kappa shape index (κ1) is 52.9. The van der Waals surface area contributed by atoms with Gasteiger partial charge in [0.15, 0.2) is 11.6 Å². The largest absolute Gasteiger partial charge is 0.388 e. The molecule has 6 N–H and O–H groups in total. The Morgan fingerprint density at radius 3 is 1.35 bits per heavy atom. The maximum Gasteiger partial charge on any atom is 0.234 e. The number of fused-ring (bicyclic) bond motifs is 4. The highest BCUT2D eigenvalue weighted by atomic mass is 32.1. The molecule has 8 aromatic rings. The third kappa shape index (κ3) is 11.0. The Labute approximate surface area is 473 Å². The van der Waals surface area contributed by atoms with Crippen LogP contribution in [0.25, 0.3) is 11.1 Å². The normalized spacial score (nSPS) is 19.6. The van der Waals surface area contributed by atoms with Crippen molar-refractivity contribution in [1.29, 1.82) is 0 Å². The fraction of sp³-hybridized carbons (Fsp3) is 0.321. The standard InChI is InChI=1S/C56H50N12O8S4/c69-40-23-36(29-10-1-3-12-31(29)40)49(73)57-53-65-61-44(77-53)16-5-7-18-46-63-67-55(79-46)59-51(75)38-26-43(72)48-28(14-9-15-34(38)48)27-20-21-33-35(22-27)39(25-42(33)71)52(76)60-56-68-64-47(80-56)19-8-6-17-45-62-66-54(78-45)58-50(74)37-24-41(70)32-13-4-2-11-30(32)37/h1-4,9-15,20-22,36-39,41-42,70-71H,5-8,16-19,23-26H2,(H,57,65,73)(H,58,66,74)(H,59,67,75)(H,60,68,76). The SMILES string of the molecule is O=C1CC(C(=O)Nc2nnc(CCCCc3nnc(NC(=O)C4CC(=O)c5c(-c6ccc7c(c6)C(C(=O)Nc6nnc(CCCCc8nnc(NC(=O)C9CC(O)c%10ccccc%109)s8)s6)CC7O)cccc54)s3)s2)c2ccccc21. The maximum atomic E-state index is 13.9. The number of aromatic nitrogens is 8. The summed E-state index contributed by atoms with van der Waals surface area (Å²) in [6, 6.07) is 25.5. The minimum absolute atomic E-state index is 0.0248. The van der Waals surface area contributed by atoms with E-state index in [1.54, 1.807) is 24.3 Å². The molecule has 6 atom stereocenters. The second-order valence-electron chi connectivity index (χ2n) is 20.2. The minimum Gasteiger partial charge on any atom is -0.388 e. The van der Waals surface area contributed by atoms with Crippen molar-refractivity contribution in [3.63, 3.8) is 0 Å². The van der Waals surface area contributed by atoms with Crippen molar-refractivity contribution in [3.8, 4) is 11.1 Å². The molecule has 80 heavy (non-hydrogen) atoms. The van der Waals surface area contributed by atoms with Crippen LogP contribution < -0.4 is 21.3 Å². The lowest BCUT2D eigenvalue weighted by Gasteiger charge is -2.14. The summed E-state index contributed by atoms with van der Waals surface area (Å²) in [7, 11) is 0. The maximum absolute atomic E-state index is 13.9. The fourth-order valence-electron chi connectivity index (χ4n) is 11.2. The molecule has 406 valence electrons. The van der Waals surface area contributed by atoms with E-state index in [4.69, 9.17) is 0 Å². The first-order valence-corrected chi connectivity index (χ1v) is 29.6. The molecule has 4 aliphatic rings. The molecule has 4 heterocycles. The number of carbonyl (C=O) groups is 6. The lowest BCUT2D eigenvalue weighted by molar-refractivity contribution is -0.118. The first-order valence-electron chi connectivity index (χ1n) is 26.3. The van der Waals surface area contributed by atoms with Crippen LogP contribution in [0, 0.1) is 0 Å². The highest BCUT2D eigenvalue weighted by Crippen LogP contribution is 2.46. The summed E-state index contributed by atoms with van der Waals surface area (Å²) in [6.07, 6.45) is 4.72. The molecule has 0 spiro atoms. The molecular formula is C56H50N12O8S4. The third-order valence-electron chi connectivity index (χ3n) is 15.1. The molecule has 0 bridgehead atoms. The van der Waals surface area contributed by atoms with Crippen LogP contribution in [0.4, 0.5) is 20.5 Å². The zero-order valence-electron chi connectivity index (χ0n) is 42.6. The van der Waals surface area contributed by atoms with Crippen molar-refractivity contribution in [3.05, 3.63) is 149 Å². The summed E-state index contributed by atoms with van der Waals surface area (Å²) < 4.78 is 0. The molecule has 12 rings (SSSR count). The number of carbonyl (C=O) groups excluding carboxylic acids is 6. The predicted molar refractivity (Wildman–Crippen MR) is 300 cm³/mol. The number of anilines is 4. The van der Waals surface area contributed by atoms with Crippen LogP contribution in [0.15, 0.2) is 84.9 Å². The number of amides is 4. The van der Waals surface area contributed by atoms with E-state index in [9.17, 15) is 39.0 Å². The lowest BCUT2D eigenvalue weighted by atomic mass is 9.91. The summed E-state index contributed by atoms with van der Waals surface area (Å²) in [4.78, 5) is 79.9. The number of benzene rings is 4. The van der Waals surface area contributed by atoms with E-state index in [1.165, 1.54) is 45.3 Å². The second-order valence-corrected chi connectivity index (χ2v) is 24.4. The molecule has 4 aromatic carbocycles. The van der Waals surface area contributed by atoms with Crippen LogP contribution in [-0.2, 0) is 44.9 Å². The van der Waals surface area contributed by atoms with Crippen molar-refractivity contribution >= 4 is 101 Å². The summed E-state index contributed by atoms with van der Waals surface area (Å²) in [6.45, 7) is 0. The number of nitrogens with one attached hydrogen (secondary N) is 4. The van der Waals surface area contributed by atoms with E-state index in [1.807, 2.05) is 60.7 Å². The number of Topliss-reactive ketones (excluding diaryl/α,β-unsaturated/α-hetero) is 2. The summed E-state index contributed by atoms with van der Waals surface area (Å²) >= 11 is 5.19. The van der Waals surface area contributed by atoms with E-state index >= 15 is 0 Å². The van der Waals surface area contributed by atoms with E-state index in [0.717, 1.165) is 62.4 Å². The van der Waals surface area contributed by atoms with Crippen LogP contribution in [0.3, 0.4) is 0 Å². The molecule has 0 radical (unpaired) electrons. The highest BCUT2D eigenvalue weighted by Gasteiger charge is 2.40. The highest BCUT2D eigenvalue weighted by molar-refractivity contribution is 7.16. The van der Waals surface area contributed by atoms with Gasteiger partial charge >= 0.3 is 0 Å². The quantitative estimate of drug-likeness (QED) is 0.0412. The Bertz CT molecular complexity index is 3740. The zero-order chi connectivity index (χ0) is 55.0. The number of aryl methyl sites for hydroxylation is 4. The molecule has 4 amide bonds. The van der Waals surface area contributed by atoms with Crippen LogP contribution in [0.1, 0.15) is 161 Å². The molecule has 4 aromatic heterocycles. The Kier molecular flexibility index (Phi) is 15.1. The number of rotatable bonds is 19. The van der Waals surface area contributed by atoms with Crippen molar-refractivity contribution in [2.45, 2.75) is 113 Å². The van der Waals surface area contributed by atoms with E-state index < -0.39 is 35.9 Å². The van der Waals surface area contributed by atoms with Crippen LogP contribution >= 0.6 is 45.3 Å². The van der Waals surface area contributed by atoms with Crippen molar-refractivity contribution < 1.29 is 39.0 Å². The Balaban J connectivity index is 0.606. The number of aliphatic hydroxyl groups excluding tert-OH is 2. The molecule has 0 fully saturated rings. The predicted octanol–water partition coefficient (Wildman–Crippen LogP) is 8.83. The van der Waals surface area contributed by atoms with Gasteiger partial charge < -0.3 is 10.2 Å². The topological polar surface area (TPSA) is 294 Å². The summed E-state index contributed by atoms with van der Waals surface area (Å²) in [5.41, 5.74) is 6.55. The van der Waals surface area contributed by atoms with Gasteiger partial charge in [0.05, 0.1) is 35.9 Å². The Morgan fingerprint density at radius 2 is 0.825 bits per heavy atom. The van der Waals surface area contributed by atoms with Gasteiger partial charge in [-0.2, -0.15) is 0 Å². The van der Waals surface area contributed by atoms with Gasteiger partial charge in [-0.3, -0.25) is 50.0 Å². The van der Waals surface area contributed by atoms with Crippen LogP contribution in [-0.4, -0.2) is 86.2 Å². The number of unbranched alkanes of at least 4 members (excludes halogenated alkanes) is 2. The number of aliphatic hydroxyl groups is 2. The van der Waals surface area contributed by atoms with Gasteiger partial charge in [0.2, 0.25) is 44.2 Å². The van der Waals surface area contributed by atoms with Crippen molar-refractivity contribution in [2.75, 3.05) is 21.3 Å². The van der Waals surface area contributed by atoms with Gasteiger partial charge in [0, 0.05) is 49.7 Å². The molecule has 6 unspecified atom stereocenters. The average Bonchev–Trinajstić information content (AvgIpc) is 4.41. The number of hydrogen-bond acceptors (Lipinski definition) is 20. The summed E-state index contributed by atoms with van der Waals surface area (Å²) in [5.74, 6) is -3.87. The first-order chi connectivity index (χ1) is 38.9. The zero-order valence-corrected chi connectivity index (χ0v) is 45.9. The van der Waals surface area contributed by atoms with Gasteiger partial charge in [-0.25, -0.2) is 0 Å². The smallest absolute Gasteiger partial charge is 0.234 e. The van der Waals surface area contributed by atoms with Crippen LogP contribution in [0.5, 0.6) is 0 Å². The van der Waals surface area contributed by atoms with Gasteiger partial charge in [-0.1, -0.05) is 124 Å². The van der Waals surface area contributed by atoms with Gasteiger partial charge in [-0.05, 0) is 89.1 Å². The van der Waals surface area contributed by atoms with Crippen molar-refractivity contribution in [1.82, 2.24) is 40.8 Å². The Morgan fingerprint density at radius 1 is 0.425 bits per heavy atom. The lowest BCUT2D eigenvalue weighted by Crippen LogP contribution is -2.19. The fourth-order valence-corrected chi connectivity index (χ4v) is 14.3. The molecule has 0 saturated heterocycles. The molecule has 4 aliphatic carbocycles. The monoisotopic (exact) mass is 1150 g/mol. The molecule has 24 heteroatoms. The van der Waals surface area contributed by atoms with E-state index in [-0.39, 0.29) is 54.5 Å². The second kappa shape index (κ2) is 22.8. The summed E-state index contributed by atoms with van der Waals surface area (Å²) in [5, 5.41) is 71.3. The van der Waals surface area contributed by atoms with Crippen molar-refractivity contribution in [2.24, 2.45) is 0 Å². The third-order valence-corrected chi connectivity index (χ3v) is 18.7. The van der Waals surface area contributed by atoms with E-state index in [0.29, 0.717) is 91.6 Å². The minimum atomic E-state index is -0.871. The van der Waals surface area contributed by atoms with Gasteiger partial charge in [0.25, 0.3) is 0 Å².